The van der Waals surface area contributed by atoms with E-state index in [4.69, 9.17) is 5.26 Å². The van der Waals surface area contributed by atoms with Gasteiger partial charge in [0.25, 0.3) is 0 Å². The Morgan fingerprint density at radius 2 is 1.48 bits per heavy atom. The predicted molar refractivity (Wildman–Crippen MR) is 110 cm³/mol. The zero-order valence-corrected chi connectivity index (χ0v) is 16.0. The van der Waals surface area contributed by atoms with Crippen molar-refractivity contribution >= 4 is 23.0 Å². The molecule has 3 rings (SSSR count). The molecule has 27 heavy (non-hydrogen) atoms. The summed E-state index contributed by atoms with van der Waals surface area (Å²) in [6.07, 6.45) is 0. The van der Waals surface area contributed by atoms with Crippen molar-refractivity contribution in [2.24, 2.45) is 0 Å². The largest absolute Gasteiger partial charge is 0.340 e. The lowest BCUT2D eigenvalue weighted by Gasteiger charge is -2.19. The highest BCUT2D eigenvalue weighted by atomic mass is 15.1. The van der Waals surface area contributed by atoms with Crippen LogP contribution in [0.25, 0.3) is 0 Å². The third kappa shape index (κ3) is 4.83. The number of nitrogens with zero attached hydrogens (tertiary/aromatic N) is 3. The number of hydrogen-bond acceptors (Lipinski definition) is 5. The zero-order chi connectivity index (χ0) is 19.4. The van der Waals surface area contributed by atoms with Gasteiger partial charge >= 0.3 is 0 Å². The van der Waals surface area contributed by atoms with E-state index in [0.717, 1.165) is 11.4 Å². The summed E-state index contributed by atoms with van der Waals surface area (Å²) >= 11 is 0. The molecule has 136 valence electrons. The van der Waals surface area contributed by atoms with E-state index in [1.165, 1.54) is 5.56 Å². The van der Waals surface area contributed by atoms with Gasteiger partial charge in [0.1, 0.15) is 17.5 Å². The maximum atomic E-state index is 9.04. The van der Waals surface area contributed by atoms with Crippen LogP contribution in [0.1, 0.15) is 37.7 Å². The smallest absolute Gasteiger partial charge is 0.136 e. The Bertz CT molecular complexity index is 979. The fraction of sp³-hybridized carbons (Fsp3) is 0.227. The summed E-state index contributed by atoms with van der Waals surface area (Å²) < 4.78 is 0. The summed E-state index contributed by atoms with van der Waals surface area (Å²) in [7, 11) is 0. The molecule has 0 unspecified atom stereocenters. The predicted octanol–water partition coefficient (Wildman–Crippen LogP) is 5.44. The Morgan fingerprint density at radius 3 is 2.07 bits per heavy atom. The minimum Gasteiger partial charge on any atom is -0.340 e. The summed E-state index contributed by atoms with van der Waals surface area (Å²) in [5.74, 6) is 2.04. The minimum atomic E-state index is 0.124. The van der Waals surface area contributed by atoms with Crippen LogP contribution in [0.15, 0.2) is 54.6 Å². The molecule has 2 aromatic carbocycles. The molecule has 0 radical (unpaired) electrons. The first-order valence-electron chi connectivity index (χ1n) is 8.84. The molecule has 0 fully saturated rings. The summed E-state index contributed by atoms with van der Waals surface area (Å²) in [6.45, 7) is 8.44. The van der Waals surface area contributed by atoms with E-state index in [-0.39, 0.29) is 5.41 Å². The van der Waals surface area contributed by atoms with Gasteiger partial charge in [-0.1, -0.05) is 39.0 Å². The third-order valence-electron chi connectivity index (χ3n) is 4.13. The molecule has 1 aromatic heterocycles. The zero-order valence-electron chi connectivity index (χ0n) is 16.0. The molecular weight excluding hydrogens is 334 g/mol. The van der Waals surface area contributed by atoms with Crippen LogP contribution in [0.5, 0.6) is 0 Å². The van der Waals surface area contributed by atoms with Crippen LogP contribution in [0.2, 0.25) is 0 Å². The topological polar surface area (TPSA) is 73.6 Å². The van der Waals surface area contributed by atoms with Gasteiger partial charge in [-0.25, -0.2) is 9.97 Å². The van der Waals surface area contributed by atoms with E-state index in [2.05, 4.69) is 71.7 Å². The second-order valence-corrected chi connectivity index (χ2v) is 7.46. The van der Waals surface area contributed by atoms with Crippen molar-refractivity contribution in [2.75, 3.05) is 10.6 Å². The molecule has 0 saturated carbocycles. The summed E-state index contributed by atoms with van der Waals surface area (Å²) in [6, 6.07) is 19.7. The van der Waals surface area contributed by atoms with E-state index in [0.29, 0.717) is 23.0 Å². The van der Waals surface area contributed by atoms with Crippen molar-refractivity contribution in [3.8, 4) is 6.07 Å². The molecule has 3 aromatic rings. The summed E-state index contributed by atoms with van der Waals surface area (Å²) in [4.78, 5) is 8.89. The second-order valence-electron chi connectivity index (χ2n) is 7.46. The molecule has 0 aliphatic carbocycles. The van der Waals surface area contributed by atoms with E-state index in [1.807, 2.05) is 25.1 Å². The van der Waals surface area contributed by atoms with Crippen molar-refractivity contribution in [1.29, 1.82) is 5.26 Å². The van der Waals surface area contributed by atoms with Crippen molar-refractivity contribution < 1.29 is 0 Å². The van der Waals surface area contributed by atoms with Gasteiger partial charge in [-0.05, 0) is 48.2 Å². The lowest BCUT2D eigenvalue weighted by Crippen LogP contribution is -2.10. The van der Waals surface area contributed by atoms with Gasteiger partial charge in [-0.3, -0.25) is 0 Å². The van der Waals surface area contributed by atoms with E-state index >= 15 is 0 Å². The number of hydrogen-bond donors (Lipinski definition) is 2. The maximum Gasteiger partial charge on any atom is 0.136 e. The normalized spacial score (nSPS) is 10.9. The maximum absolute atomic E-state index is 9.04. The number of aryl methyl sites for hydroxylation is 1. The van der Waals surface area contributed by atoms with Gasteiger partial charge in [-0.15, -0.1) is 0 Å². The average Bonchev–Trinajstić information content (AvgIpc) is 2.61. The van der Waals surface area contributed by atoms with Gasteiger partial charge in [-0.2, -0.15) is 5.26 Å². The quantitative estimate of drug-likeness (QED) is 0.650. The molecule has 0 amide bonds. The van der Waals surface area contributed by atoms with Crippen molar-refractivity contribution in [3.05, 3.63) is 71.5 Å². The lowest BCUT2D eigenvalue weighted by molar-refractivity contribution is 0.590. The third-order valence-corrected chi connectivity index (χ3v) is 4.13. The highest BCUT2D eigenvalue weighted by molar-refractivity contribution is 5.64. The number of nitriles is 1. The molecule has 0 aliphatic heterocycles. The lowest BCUT2D eigenvalue weighted by atomic mass is 9.87. The number of anilines is 4. The second kappa shape index (κ2) is 7.46. The monoisotopic (exact) mass is 357 g/mol. The Hall–Kier alpha value is -3.39. The average molecular weight is 357 g/mol. The van der Waals surface area contributed by atoms with Gasteiger partial charge in [0, 0.05) is 17.4 Å². The molecular formula is C22H23N5. The number of aromatic nitrogens is 2. The van der Waals surface area contributed by atoms with Crippen molar-refractivity contribution in [3.63, 3.8) is 0 Å². The van der Waals surface area contributed by atoms with Gasteiger partial charge in [0.2, 0.25) is 0 Å². The van der Waals surface area contributed by atoms with Crippen LogP contribution in [-0.2, 0) is 5.41 Å². The number of benzene rings is 2. The van der Waals surface area contributed by atoms with Crippen molar-refractivity contribution in [1.82, 2.24) is 9.97 Å². The SMILES string of the molecule is Cc1nc(Nc2ccc(C(C)(C)C)cc2)cc(Nc2cccc(C#N)c2)n1. The highest BCUT2D eigenvalue weighted by Gasteiger charge is 2.13. The Labute approximate surface area is 160 Å². The number of nitrogens with one attached hydrogen (secondary N) is 2. The molecule has 0 atom stereocenters. The van der Waals surface area contributed by atoms with Crippen LogP contribution in [0.4, 0.5) is 23.0 Å². The van der Waals surface area contributed by atoms with Crippen LogP contribution >= 0.6 is 0 Å². The molecule has 2 N–H and O–H groups in total. The van der Waals surface area contributed by atoms with Crippen LogP contribution in [0, 0.1) is 18.3 Å². The van der Waals surface area contributed by atoms with Crippen LogP contribution in [-0.4, -0.2) is 9.97 Å². The van der Waals surface area contributed by atoms with Crippen LogP contribution in [0.3, 0.4) is 0 Å². The fourth-order valence-corrected chi connectivity index (χ4v) is 2.71. The molecule has 5 nitrogen and oxygen atoms in total. The molecule has 1 heterocycles. The van der Waals surface area contributed by atoms with Gasteiger partial charge in [0.15, 0.2) is 0 Å². The Kier molecular flexibility index (Phi) is 5.09. The number of rotatable bonds is 4. The molecule has 0 saturated heterocycles. The summed E-state index contributed by atoms with van der Waals surface area (Å²) in [5.41, 5.74) is 3.79. The fourth-order valence-electron chi connectivity index (χ4n) is 2.71. The Morgan fingerprint density at radius 1 is 0.852 bits per heavy atom. The highest BCUT2D eigenvalue weighted by Crippen LogP contribution is 2.25. The van der Waals surface area contributed by atoms with Gasteiger partial charge < -0.3 is 10.6 Å². The van der Waals surface area contributed by atoms with E-state index in [9.17, 15) is 0 Å². The molecule has 0 aliphatic rings. The van der Waals surface area contributed by atoms with E-state index < -0.39 is 0 Å². The molecule has 0 bridgehead atoms. The standard InChI is InChI=1S/C22H23N5/c1-15-24-20(26-18-10-8-17(9-11-18)22(2,3)4)13-21(25-15)27-19-7-5-6-16(12-19)14-23/h5-13H,1-4H3,(H2,24,25,26,27). The Balaban J connectivity index is 1.80. The van der Waals surface area contributed by atoms with Crippen LogP contribution < -0.4 is 10.6 Å². The molecule has 5 heteroatoms. The van der Waals surface area contributed by atoms with Gasteiger partial charge in [0.05, 0.1) is 11.6 Å². The first kappa shape index (κ1) is 18.4. The summed E-state index contributed by atoms with van der Waals surface area (Å²) in [5, 5.41) is 15.6. The molecule has 0 spiro atoms. The first-order chi connectivity index (χ1) is 12.8. The first-order valence-corrected chi connectivity index (χ1v) is 8.84. The minimum absolute atomic E-state index is 0.124. The van der Waals surface area contributed by atoms with E-state index in [1.54, 1.807) is 12.1 Å². The van der Waals surface area contributed by atoms with Crippen molar-refractivity contribution in [2.45, 2.75) is 33.1 Å².